The minimum atomic E-state index is -0.245. The van der Waals surface area contributed by atoms with E-state index in [9.17, 15) is 4.79 Å². The summed E-state index contributed by atoms with van der Waals surface area (Å²) in [6.45, 7) is 5.20. The fraction of sp³-hybridized carbons (Fsp3) is 0.667. The molecule has 144 valence electrons. The van der Waals surface area contributed by atoms with E-state index >= 15 is 0 Å². The molecule has 1 heterocycles. The molecular formula is C21H32N2O3. The van der Waals surface area contributed by atoms with Crippen LogP contribution in [0.1, 0.15) is 44.6 Å². The first-order valence-corrected chi connectivity index (χ1v) is 10.0. The van der Waals surface area contributed by atoms with Crippen molar-refractivity contribution in [3.05, 3.63) is 35.9 Å². The number of hydrogen-bond acceptors (Lipinski definition) is 4. The third-order valence-electron chi connectivity index (χ3n) is 5.60. The zero-order chi connectivity index (χ0) is 18.2. The van der Waals surface area contributed by atoms with E-state index in [-0.39, 0.29) is 12.2 Å². The van der Waals surface area contributed by atoms with Gasteiger partial charge in [-0.25, -0.2) is 4.79 Å². The molecule has 1 saturated heterocycles. The average molecular weight is 360 g/mol. The maximum atomic E-state index is 12.3. The molecule has 3 atom stereocenters. The van der Waals surface area contributed by atoms with Crippen molar-refractivity contribution in [2.24, 2.45) is 5.92 Å². The number of morpholine rings is 1. The number of carbonyl (C=O) groups excluding carboxylic acids is 1. The van der Waals surface area contributed by atoms with Crippen LogP contribution in [0.2, 0.25) is 0 Å². The van der Waals surface area contributed by atoms with E-state index in [0.717, 1.165) is 18.0 Å². The topological polar surface area (TPSA) is 50.8 Å². The van der Waals surface area contributed by atoms with Gasteiger partial charge in [0, 0.05) is 19.1 Å². The number of rotatable bonds is 6. The second-order valence-corrected chi connectivity index (χ2v) is 7.53. The molecule has 1 saturated carbocycles. The second-order valence-electron chi connectivity index (χ2n) is 7.53. The highest BCUT2D eigenvalue weighted by Crippen LogP contribution is 2.26. The van der Waals surface area contributed by atoms with E-state index in [0.29, 0.717) is 32.3 Å². The molecule has 2 aliphatic rings. The lowest BCUT2D eigenvalue weighted by atomic mass is 9.84. The fourth-order valence-electron chi connectivity index (χ4n) is 3.96. The van der Waals surface area contributed by atoms with Gasteiger partial charge in [0.1, 0.15) is 6.61 Å². The zero-order valence-electron chi connectivity index (χ0n) is 15.9. The number of nitrogens with one attached hydrogen (secondary N) is 1. The van der Waals surface area contributed by atoms with Crippen molar-refractivity contribution in [2.45, 2.75) is 57.8 Å². The Labute approximate surface area is 157 Å². The molecule has 1 aliphatic heterocycles. The Morgan fingerprint density at radius 3 is 2.96 bits per heavy atom. The molecule has 3 rings (SSSR count). The van der Waals surface area contributed by atoms with Crippen LogP contribution in [0, 0.1) is 5.92 Å². The van der Waals surface area contributed by atoms with Gasteiger partial charge in [0.15, 0.2) is 0 Å². The van der Waals surface area contributed by atoms with Crippen LogP contribution in [-0.2, 0) is 16.1 Å². The smallest absolute Gasteiger partial charge is 0.410 e. The van der Waals surface area contributed by atoms with Gasteiger partial charge in [-0.3, -0.25) is 0 Å². The lowest BCUT2D eigenvalue weighted by molar-refractivity contribution is -0.0286. The summed E-state index contributed by atoms with van der Waals surface area (Å²) >= 11 is 0. The average Bonchev–Trinajstić information content (AvgIpc) is 2.71. The summed E-state index contributed by atoms with van der Waals surface area (Å²) in [4.78, 5) is 14.1. The van der Waals surface area contributed by atoms with Gasteiger partial charge in [0.05, 0.1) is 19.3 Å². The van der Waals surface area contributed by atoms with E-state index in [2.05, 4.69) is 12.2 Å². The Morgan fingerprint density at radius 2 is 2.15 bits per heavy atom. The van der Waals surface area contributed by atoms with Crippen LogP contribution in [0.5, 0.6) is 0 Å². The SMILES string of the molecule is CCC1CCCC(NCC2CN(C(=O)OCc3ccccc3)CCO2)C1. The molecule has 0 bridgehead atoms. The molecule has 0 aromatic heterocycles. The van der Waals surface area contributed by atoms with Crippen molar-refractivity contribution in [1.82, 2.24) is 10.2 Å². The Kier molecular flexibility index (Phi) is 7.32. The van der Waals surface area contributed by atoms with Crippen LogP contribution < -0.4 is 5.32 Å². The third kappa shape index (κ3) is 5.71. The van der Waals surface area contributed by atoms with E-state index in [1.165, 1.54) is 32.1 Å². The first-order valence-electron chi connectivity index (χ1n) is 10.0. The summed E-state index contributed by atoms with van der Waals surface area (Å²) in [6, 6.07) is 10.4. The van der Waals surface area contributed by atoms with E-state index < -0.39 is 0 Å². The van der Waals surface area contributed by atoms with E-state index in [4.69, 9.17) is 9.47 Å². The van der Waals surface area contributed by atoms with Gasteiger partial charge < -0.3 is 19.7 Å². The van der Waals surface area contributed by atoms with Crippen LogP contribution in [0.15, 0.2) is 30.3 Å². The third-order valence-corrected chi connectivity index (χ3v) is 5.60. The zero-order valence-corrected chi connectivity index (χ0v) is 15.9. The normalized spacial score (nSPS) is 26.5. The molecule has 26 heavy (non-hydrogen) atoms. The number of benzene rings is 1. The summed E-state index contributed by atoms with van der Waals surface area (Å²) < 4.78 is 11.3. The lowest BCUT2D eigenvalue weighted by Gasteiger charge is -2.34. The van der Waals surface area contributed by atoms with Crippen LogP contribution in [0.3, 0.4) is 0 Å². The first kappa shape index (κ1) is 19.2. The molecule has 2 fully saturated rings. The number of amides is 1. The highest BCUT2D eigenvalue weighted by atomic mass is 16.6. The van der Waals surface area contributed by atoms with Crippen molar-refractivity contribution >= 4 is 6.09 Å². The Hall–Kier alpha value is -1.59. The molecule has 3 unspecified atom stereocenters. The number of carbonyl (C=O) groups is 1. The van der Waals surface area contributed by atoms with Crippen molar-refractivity contribution in [1.29, 1.82) is 0 Å². The number of ether oxygens (including phenoxy) is 2. The summed E-state index contributed by atoms with van der Waals surface area (Å²) in [6.07, 6.45) is 6.30. The number of hydrogen-bond donors (Lipinski definition) is 1. The van der Waals surface area contributed by atoms with Crippen LogP contribution >= 0.6 is 0 Å². The highest BCUT2D eigenvalue weighted by molar-refractivity contribution is 5.67. The molecular weight excluding hydrogens is 328 g/mol. The minimum absolute atomic E-state index is 0.0510. The Morgan fingerprint density at radius 1 is 1.31 bits per heavy atom. The molecule has 0 radical (unpaired) electrons. The van der Waals surface area contributed by atoms with E-state index in [1.807, 2.05) is 30.3 Å². The quantitative estimate of drug-likeness (QED) is 0.842. The van der Waals surface area contributed by atoms with Crippen molar-refractivity contribution in [2.75, 3.05) is 26.2 Å². The molecule has 1 aromatic carbocycles. The van der Waals surface area contributed by atoms with Gasteiger partial charge in [-0.1, -0.05) is 56.5 Å². The predicted octanol–water partition coefficient (Wildman–Crippen LogP) is 3.58. The molecule has 1 aromatic rings. The Balaban J connectivity index is 1.40. The predicted molar refractivity (Wildman–Crippen MR) is 102 cm³/mol. The van der Waals surface area contributed by atoms with Gasteiger partial charge in [0.2, 0.25) is 0 Å². The van der Waals surface area contributed by atoms with Gasteiger partial charge in [-0.05, 0) is 24.3 Å². The van der Waals surface area contributed by atoms with Crippen molar-refractivity contribution in [3.8, 4) is 0 Å². The largest absolute Gasteiger partial charge is 0.445 e. The summed E-state index contributed by atoms with van der Waals surface area (Å²) in [5.41, 5.74) is 1.01. The molecule has 5 heteroatoms. The monoisotopic (exact) mass is 360 g/mol. The lowest BCUT2D eigenvalue weighted by Crippen LogP contribution is -2.50. The molecule has 5 nitrogen and oxygen atoms in total. The van der Waals surface area contributed by atoms with Gasteiger partial charge in [-0.15, -0.1) is 0 Å². The second kappa shape index (κ2) is 9.93. The summed E-state index contributed by atoms with van der Waals surface area (Å²) in [5.74, 6) is 0.859. The van der Waals surface area contributed by atoms with Gasteiger partial charge in [0.25, 0.3) is 0 Å². The fourth-order valence-corrected chi connectivity index (χ4v) is 3.96. The van der Waals surface area contributed by atoms with Gasteiger partial charge in [-0.2, -0.15) is 0 Å². The molecule has 1 aliphatic carbocycles. The number of nitrogens with zero attached hydrogens (tertiary/aromatic N) is 1. The maximum Gasteiger partial charge on any atom is 0.410 e. The minimum Gasteiger partial charge on any atom is -0.445 e. The van der Waals surface area contributed by atoms with Crippen molar-refractivity contribution < 1.29 is 14.3 Å². The van der Waals surface area contributed by atoms with Crippen LogP contribution in [0.25, 0.3) is 0 Å². The standard InChI is InChI=1S/C21H32N2O3/c1-2-17-9-6-10-19(13-17)22-14-20-15-23(11-12-25-20)21(24)26-16-18-7-4-3-5-8-18/h3-5,7-8,17,19-20,22H,2,6,9-16H2,1H3. The summed E-state index contributed by atoms with van der Waals surface area (Å²) in [5, 5.41) is 3.67. The Bertz CT molecular complexity index is 551. The van der Waals surface area contributed by atoms with Crippen LogP contribution in [-0.4, -0.2) is 49.4 Å². The van der Waals surface area contributed by atoms with Crippen molar-refractivity contribution in [3.63, 3.8) is 0 Å². The maximum absolute atomic E-state index is 12.3. The van der Waals surface area contributed by atoms with Crippen LogP contribution in [0.4, 0.5) is 4.79 Å². The highest BCUT2D eigenvalue weighted by Gasteiger charge is 2.27. The molecule has 1 amide bonds. The molecule has 0 spiro atoms. The van der Waals surface area contributed by atoms with E-state index in [1.54, 1.807) is 4.90 Å². The first-order chi connectivity index (χ1) is 12.7. The van der Waals surface area contributed by atoms with Gasteiger partial charge >= 0.3 is 6.09 Å². The summed E-state index contributed by atoms with van der Waals surface area (Å²) in [7, 11) is 0. The molecule has 1 N–H and O–H groups in total.